The van der Waals surface area contributed by atoms with E-state index in [4.69, 9.17) is 5.73 Å². The zero-order valence-electron chi connectivity index (χ0n) is 16.0. The third-order valence-corrected chi connectivity index (χ3v) is 4.96. The number of aliphatic carboxylic acids is 2. The van der Waals surface area contributed by atoms with E-state index >= 15 is 0 Å². The molecule has 0 aliphatic rings. The van der Waals surface area contributed by atoms with Gasteiger partial charge in [0.2, 0.25) is 0 Å². The molecular weight excluding hydrogens is 376 g/mol. The standard InChI is InChI=1S/C21H26N2O6/c22-10-9-21(11-15-5-1-3-7-17(15)24,12-16-6-2-4-8-18(16)25)23(13-19(26)27)14-20(28)29/h1-8,24-25H,9-14,22H2,(H,26,27)(H,28,29). The number of nitrogens with zero attached hydrogens (tertiary/aromatic N) is 1. The van der Waals surface area contributed by atoms with Gasteiger partial charge in [-0.3, -0.25) is 14.5 Å². The molecule has 0 radical (unpaired) electrons. The first kappa shape index (κ1) is 22.2. The third-order valence-electron chi connectivity index (χ3n) is 4.96. The van der Waals surface area contributed by atoms with Gasteiger partial charge in [-0.2, -0.15) is 0 Å². The van der Waals surface area contributed by atoms with Crippen molar-refractivity contribution < 1.29 is 30.0 Å². The van der Waals surface area contributed by atoms with Gasteiger partial charge >= 0.3 is 11.9 Å². The third kappa shape index (κ3) is 5.94. The molecule has 0 bridgehead atoms. The van der Waals surface area contributed by atoms with Crippen LogP contribution in [0.5, 0.6) is 11.5 Å². The van der Waals surface area contributed by atoms with Crippen LogP contribution in [0.1, 0.15) is 17.5 Å². The van der Waals surface area contributed by atoms with E-state index in [1.54, 1.807) is 36.4 Å². The summed E-state index contributed by atoms with van der Waals surface area (Å²) in [6.07, 6.45) is 0.577. The van der Waals surface area contributed by atoms with E-state index in [0.717, 1.165) is 0 Å². The van der Waals surface area contributed by atoms with Crippen molar-refractivity contribution >= 4 is 11.9 Å². The van der Waals surface area contributed by atoms with Gasteiger partial charge in [0.1, 0.15) is 11.5 Å². The van der Waals surface area contributed by atoms with Crippen LogP contribution in [0.3, 0.4) is 0 Å². The molecule has 0 aromatic heterocycles. The minimum atomic E-state index is -1.18. The summed E-state index contributed by atoms with van der Waals surface area (Å²) < 4.78 is 0. The largest absolute Gasteiger partial charge is 0.508 e. The topological polar surface area (TPSA) is 144 Å². The summed E-state index contributed by atoms with van der Waals surface area (Å²) in [5.74, 6) is -2.31. The van der Waals surface area contributed by atoms with E-state index in [1.165, 1.54) is 17.0 Å². The van der Waals surface area contributed by atoms with E-state index in [1.807, 2.05) is 0 Å². The minimum Gasteiger partial charge on any atom is -0.508 e. The van der Waals surface area contributed by atoms with Crippen molar-refractivity contribution in [3.63, 3.8) is 0 Å². The van der Waals surface area contributed by atoms with Gasteiger partial charge in [0.25, 0.3) is 0 Å². The second kappa shape index (κ2) is 9.90. The lowest BCUT2D eigenvalue weighted by atomic mass is 9.79. The Kier molecular flexibility index (Phi) is 7.58. The molecule has 156 valence electrons. The lowest BCUT2D eigenvalue weighted by Crippen LogP contribution is -2.56. The van der Waals surface area contributed by atoms with E-state index in [2.05, 4.69) is 0 Å². The van der Waals surface area contributed by atoms with Crippen LogP contribution in [0.25, 0.3) is 0 Å². The molecule has 8 heteroatoms. The highest BCUT2D eigenvalue weighted by Crippen LogP contribution is 2.34. The number of carboxylic acid groups (broad SMARTS) is 2. The van der Waals surface area contributed by atoms with Crippen LogP contribution in [0, 0.1) is 0 Å². The van der Waals surface area contributed by atoms with Crippen LogP contribution in [0.15, 0.2) is 48.5 Å². The average Bonchev–Trinajstić information content (AvgIpc) is 2.64. The summed E-state index contributed by atoms with van der Waals surface area (Å²) in [5.41, 5.74) is 5.88. The Hall–Kier alpha value is -3.10. The lowest BCUT2D eigenvalue weighted by Gasteiger charge is -2.43. The summed E-state index contributed by atoms with van der Waals surface area (Å²) in [6.45, 7) is -0.877. The van der Waals surface area contributed by atoms with E-state index in [-0.39, 0.29) is 37.3 Å². The number of hydrogen-bond acceptors (Lipinski definition) is 6. The number of phenols is 2. The van der Waals surface area contributed by atoms with Crippen LogP contribution in [0.2, 0.25) is 0 Å². The smallest absolute Gasteiger partial charge is 0.317 e. The Balaban J connectivity index is 2.59. The highest BCUT2D eigenvalue weighted by Gasteiger charge is 2.39. The highest BCUT2D eigenvalue weighted by molar-refractivity contribution is 5.73. The fourth-order valence-electron chi connectivity index (χ4n) is 3.64. The number of para-hydroxylation sites is 2. The maximum atomic E-state index is 11.5. The molecular formula is C21H26N2O6. The van der Waals surface area contributed by atoms with Crippen LogP contribution < -0.4 is 5.73 Å². The first-order valence-corrected chi connectivity index (χ1v) is 9.20. The highest BCUT2D eigenvalue weighted by atomic mass is 16.4. The molecule has 0 heterocycles. The summed E-state index contributed by atoms with van der Waals surface area (Å²) in [5, 5.41) is 39.4. The molecule has 0 aliphatic heterocycles. The second-order valence-electron chi connectivity index (χ2n) is 7.02. The minimum absolute atomic E-state index is 0.0248. The number of phenolic OH excluding ortho intramolecular Hbond substituents is 2. The Morgan fingerprint density at radius 2 is 1.24 bits per heavy atom. The maximum absolute atomic E-state index is 11.5. The van der Waals surface area contributed by atoms with Crippen molar-refractivity contribution in [2.24, 2.45) is 5.73 Å². The molecule has 0 fully saturated rings. The summed E-state index contributed by atoms with van der Waals surface area (Å²) >= 11 is 0. The molecule has 2 aromatic rings. The van der Waals surface area contributed by atoms with Gasteiger partial charge in [0, 0.05) is 5.54 Å². The zero-order valence-corrected chi connectivity index (χ0v) is 16.0. The number of rotatable bonds is 11. The molecule has 8 nitrogen and oxygen atoms in total. The fourth-order valence-corrected chi connectivity index (χ4v) is 3.64. The first-order chi connectivity index (χ1) is 13.8. The van der Waals surface area contributed by atoms with Gasteiger partial charge in [-0.15, -0.1) is 0 Å². The summed E-state index contributed by atoms with van der Waals surface area (Å²) in [6, 6.07) is 13.2. The van der Waals surface area contributed by atoms with Gasteiger partial charge in [-0.25, -0.2) is 0 Å². The second-order valence-corrected chi connectivity index (χ2v) is 7.02. The Labute approximate surface area is 168 Å². The Morgan fingerprint density at radius 1 is 0.828 bits per heavy atom. The molecule has 0 unspecified atom stereocenters. The lowest BCUT2D eigenvalue weighted by molar-refractivity contribution is -0.145. The van der Waals surface area contributed by atoms with Crippen molar-refractivity contribution in [3.8, 4) is 11.5 Å². The summed E-state index contributed by atoms with van der Waals surface area (Å²) in [4.78, 5) is 24.4. The van der Waals surface area contributed by atoms with E-state index < -0.39 is 30.6 Å². The Morgan fingerprint density at radius 3 is 1.59 bits per heavy atom. The van der Waals surface area contributed by atoms with E-state index in [0.29, 0.717) is 11.1 Å². The van der Waals surface area contributed by atoms with Crippen LogP contribution in [-0.4, -0.2) is 62.4 Å². The van der Waals surface area contributed by atoms with Gasteiger partial charge in [-0.1, -0.05) is 36.4 Å². The van der Waals surface area contributed by atoms with Gasteiger partial charge in [0.15, 0.2) is 0 Å². The van der Waals surface area contributed by atoms with Crippen molar-refractivity contribution in [2.45, 2.75) is 24.8 Å². The van der Waals surface area contributed by atoms with Crippen molar-refractivity contribution in [3.05, 3.63) is 59.7 Å². The molecule has 0 saturated heterocycles. The molecule has 0 atom stereocenters. The average molecular weight is 402 g/mol. The molecule has 2 rings (SSSR count). The zero-order chi connectivity index (χ0) is 21.4. The van der Waals surface area contributed by atoms with Crippen molar-refractivity contribution in [1.82, 2.24) is 4.90 Å². The quantitative estimate of drug-likeness (QED) is 0.380. The Bertz CT molecular complexity index is 791. The number of benzene rings is 2. The normalized spacial score (nSPS) is 11.5. The molecule has 0 spiro atoms. The number of hydrogen-bond donors (Lipinski definition) is 5. The molecule has 2 aromatic carbocycles. The number of aromatic hydroxyl groups is 2. The van der Waals surface area contributed by atoms with Gasteiger partial charge in [-0.05, 0) is 49.1 Å². The molecule has 0 amide bonds. The predicted molar refractivity (Wildman–Crippen MR) is 107 cm³/mol. The molecule has 6 N–H and O–H groups in total. The van der Waals surface area contributed by atoms with Crippen molar-refractivity contribution in [1.29, 1.82) is 0 Å². The predicted octanol–water partition coefficient (Wildman–Crippen LogP) is 1.44. The van der Waals surface area contributed by atoms with Crippen LogP contribution in [-0.2, 0) is 22.4 Å². The van der Waals surface area contributed by atoms with Crippen molar-refractivity contribution in [2.75, 3.05) is 19.6 Å². The summed E-state index contributed by atoms with van der Waals surface area (Å²) in [7, 11) is 0. The van der Waals surface area contributed by atoms with Crippen LogP contribution >= 0.6 is 0 Å². The maximum Gasteiger partial charge on any atom is 0.317 e. The fraction of sp³-hybridized carbons (Fsp3) is 0.333. The molecule has 0 saturated carbocycles. The number of nitrogens with two attached hydrogens (primary N) is 1. The monoisotopic (exact) mass is 402 g/mol. The SMILES string of the molecule is NCCC(Cc1ccccc1O)(Cc1ccccc1O)N(CC(=O)O)CC(=O)O. The van der Waals surface area contributed by atoms with Gasteiger partial charge < -0.3 is 26.2 Å². The number of carbonyl (C=O) groups is 2. The molecule has 0 aliphatic carbocycles. The van der Waals surface area contributed by atoms with Gasteiger partial charge in [0.05, 0.1) is 13.1 Å². The first-order valence-electron chi connectivity index (χ1n) is 9.20. The molecule has 29 heavy (non-hydrogen) atoms. The number of carboxylic acids is 2. The van der Waals surface area contributed by atoms with E-state index in [9.17, 15) is 30.0 Å². The van der Waals surface area contributed by atoms with Crippen LogP contribution in [0.4, 0.5) is 0 Å².